The summed E-state index contributed by atoms with van der Waals surface area (Å²) < 4.78 is 37.9. The molecule has 0 fully saturated rings. The van der Waals surface area contributed by atoms with Crippen LogP contribution in [0, 0.1) is 0 Å². The number of pyridine rings is 1. The van der Waals surface area contributed by atoms with Gasteiger partial charge in [0.1, 0.15) is 0 Å². The number of benzene rings is 2. The Hall–Kier alpha value is -2.64. The van der Waals surface area contributed by atoms with E-state index in [1.54, 1.807) is 12.3 Å². The standard InChI is InChI=1S/C17H14N2O4S/c20-24(21,14-5-6-16-17(8-14)23-11-22-16)19-10-12-7-13-3-1-2-4-15(13)18-9-12/h1-9,19H,10-11H2. The molecule has 0 radical (unpaired) electrons. The molecule has 0 spiro atoms. The van der Waals surface area contributed by atoms with Gasteiger partial charge in [0.25, 0.3) is 0 Å². The second-order valence-corrected chi connectivity index (χ2v) is 7.14. The van der Waals surface area contributed by atoms with Crippen LogP contribution in [-0.2, 0) is 16.6 Å². The molecular weight excluding hydrogens is 328 g/mol. The number of hydrogen-bond acceptors (Lipinski definition) is 5. The molecule has 122 valence electrons. The lowest BCUT2D eigenvalue weighted by Crippen LogP contribution is -2.23. The number of hydrogen-bond donors (Lipinski definition) is 1. The van der Waals surface area contributed by atoms with Crippen LogP contribution in [0.4, 0.5) is 0 Å². The highest BCUT2D eigenvalue weighted by Crippen LogP contribution is 2.33. The molecule has 0 unspecified atom stereocenters. The number of rotatable bonds is 4. The molecule has 7 heteroatoms. The molecule has 1 aliphatic rings. The van der Waals surface area contributed by atoms with Gasteiger partial charge in [0.05, 0.1) is 10.4 Å². The summed E-state index contributed by atoms with van der Waals surface area (Å²) in [6, 6.07) is 14.2. The van der Waals surface area contributed by atoms with Crippen LogP contribution >= 0.6 is 0 Å². The number of sulfonamides is 1. The minimum Gasteiger partial charge on any atom is -0.454 e. The lowest BCUT2D eigenvalue weighted by Gasteiger charge is -2.08. The maximum Gasteiger partial charge on any atom is 0.241 e. The second-order valence-electron chi connectivity index (χ2n) is 5.38. The van der Waals surface area contributed by atoms with Crippen LogP contribution in [0.3, 0.4) is 0 Å². The van der Waals surface area contributed by atoms with Crippen molar-refractivity contribution < 1.29 is 17.9 Å². The molecular formula is C17H14N2O4S. The number of fused-ring (bicyclic) bond motifs is 2. The Bertz CT molecular complexity index is 1020. The molecule has 0 aliphatic carbocycles. The Kier molecular flexibility index (Phi) is 3.59. The van der Waals surface area contributed by atoms with E-state index in [9.17, 15) is 8.42 Å². The van der Waals surface area contributed by atoms with E-state index in [0.717, 1.165) is 16.5 Å². The van der Waals surface area contributed by atoms with Crippen molar-refractivity contribution >= 4 is 20.9 Å². The third-order valence-corrected chi connectivity index (χ3v) is 5.17. The van der Waals surface area contributed by atoms with Gasteiger partial charge >= 0.3 is 0 Å². The van der Waals surface area contributed by atoms with Gasteiger partial charge < -0.3 is 9.47 Å². The quantitative estimate of drug-likeness (QED) is 0.788. The minimum atomic E-state index is -3.65. The Morgan fingerprint density at radius 2 is 1.88 bits per heavy atom. The van der Waals surface area contributed by atoms with E-state index < -0.39 is 10.0 Å². The van der Waals surface area contributed by atoms with Crippen LogP contribution in [-0.4, -0.2) is 20.2 Å². The maximum absolute atomic E-state index is 12.4. The Labute approximate surface area is 139 Å². The Morgan fingerprint density at radius 3 is 2.79 bits per heavy atom. The van der Waals surface area contributed by atoms with E-state index in [1.807, 2.05) is 30.3 Å². The predicted octanol–water partition coefficient (Wildman–Crippen LogP) is 2.44. The summed E-state index contributed by atoms with van der Waals surface area (Å²) in [5, 5.41) is 0.970. The molecule has 0 saturated carbocycles. The van der Waals surface area contributed by atoms with Crippen LogP contribution in [0.5, 0.6) is 11.5 Å². The maximum atomic E-state index is 12.4. The van der Waals surface area contributed by atoms with Gasteiger partial charge in [-0.05, 0) is 29.8 Å². The first-order valence-corrected chi connectivity index (χ1v) is 8.83. The van der Waals surface area contributed by atoms with Gasteiger partial charge in [-0.2, -0.15) is 0 Å². The number of nitrogens with one attached hydrogen (secondary N) is 1. The summed E-state index contributed by atoms with van der Waals surface area (Å²) in [7, 11) is -3.65. The van der Waals surface area contributed by atoms with E-state index in [1.165, 1.54) is 12.1 Å². The smallest absolute Gasteiger partial charge is 0.241 e. The van der Waals surface area contributed by atoms with Gasteiger partial charge in [-0.3, -0.25) is 4.98 Å². The van der Waals surface area contributed by atoms with Crippen molar-refractivity contribution in [1.82, 2.24) is 9.71 Å². The van der Waals surface area contributed by atoms with E-state index in [-0.39, 0.29) is 18.2 Å². The Balaban J connectivity index is 1.55. The van der Waals surface area contributed by atoms with Crippen LogP contribution in [0.15, 0.2) is 59.6 Å². The van der Waals surface area contributed by atoms with Gasteiger partial charge in [0.2, 0.25) is 16.8 Å². The zero-order valence-corrected chi connectivity index (χ0v) is 13.4. The second kappa shape index (κ2) is 5.77. The highest BCUT2D eigenvalue weighted by molar-refractivity contribution is 7.89. The molecule has 24 heavy (non-hydrogen) atoms. The van der Waals surface area contributed by atoms with Crippen LogP contribution in [0.2, 0.25) is 0 Å². The van der Waals surface area contributed by atoms with E-state index in [4.69, 9.17) is 9.47 Å². The number of aromatic nitrogens is 1. The fourth-order valence-electron chi connectivity index (χ4n) is 2.52. The van der Waals surface area contributed by atoms with Crippen molar-refractivity contribution in [2.75, 3.05) is 6.79 Å². The van der Waals surface area contributed by atoms with Crippen molar-refractivity contribution in [3.05, 3.63) is 60.3 Å². The van der Waals surface area contributed by atoms with Gasteiger partial charge in [0, 0.05) is 24.2 Å². The van der Waals surface area contributed by atoms with Gasteiger partial charge in [-0.1, -0.05) is 18.2 Å². The SMILES string of the molecule is O=S(=O)(NCc1cnc2ccccc2c1)c1ccc2c(c1)OCO2. The molecule has 1 aromatic heterocycles. The summed E-state index contributed by atoms with van der Waals surface area (Å²) in [5.74, 6) is 0.984. The van der Waals surface area contributed by atoms with Crippen LogP contribution < -0.4 is 14.2 Å². The minimum absolute atomic E-state index is 0.106. The zero-order chi connectivity index (χ0) is 16.6. The zero-order valence-electron chi connectivity index (χ0n) is 12.6. The lowest BCUT2D eigenvalue weighted by atomic mass is 10.2. The summed E-state index contributed by atoms with van der Waals surface area (Å²) >= 11 is 0. The van der Waals surface area contributed by atoms with E-state index >= 15 is 0 Å². The van der Waals surface area contributed by atoms with E-state index in [0.29, 0.717) is 11.5 Å². The number of para-hydroxylation sites is 1. The average Bonchev–Trinajstić information content (AvgIpc) is 3.07. The molecule has 2 heterocycles. The highest BCUT2D eigenvalue weighted by atomic mass is 32.2. The summed E-state index contributed by atoms with van der Waals surface area (Å²) in [4.78, 5) is 4.47. The van der Waals surface area contributed by atoms with Crippen LogP contribution in [0.1, 0.15) is 5.56 Å². The van der Waals surface area contributed by atoms with Gasteiger partial charge in [-0.15, -0.1) is 0 Å². The molecule has 1 aliphatic heterocycles. The molecule has 2 aromatic carbocycles. The van der Waals surface area contributed by atoms with E-state index in [2.05, 4.69) is 9.71 Å². The first-order valence-electron chi connectivity index (χ1n) is 7.35. The third-order valence-electron chi connectivity index (χ3n) is 3.77. The lowest BCUT2D eigenvalue weighted by molar-refractivity contribution is 0.174. The first-order chi connectivity index (χ1) is 11.6. The van der Waals surface area contributed by atoms with Crippen molar-refractivity contribution in [3.8, 4) is 11.5 Å². The largest absolute Gasteiger partial charge is 0.454 e. The molecule has 1 N–H and O–H groups in total. The van der Waals surface area contributed by atoms with Crippen molar-refractivity contribution in [1.29, 1.82) is 0 Å². The fourth-order valence-corrected chi connectivity index (χ4v) is 3.55. The summed E-state index contributed by atoms with van der Waals surface area (Å²) in [5.41, 5.74) is 1.66. The molecule has 6 nitrogen and oxygen atoms in total. The summed E-state index contributed by atoms with van der Waals surface area (Å²) in [6.45, 7) is 0.267. The molecule has 4 rings (SSSR count). The van der Waals surface area contributed by atoms with Crippen molar-refractivity contribution in [3.63, 3.8) is 0 Å². The van der Waals surface area contributed by atoms with Crippen molar-refractivity contribution in [2.24, 2.45) is 0 Å². The Morgan fingerprint density at radius 1 is 1.04 bits per heavy atom. The monoisotopic (exact) mass is 342 g/mol. The normalized spacial score (nSPS) is 13.3. The topological polar surface area (TPSA) is 77.5 Å². The first kappa shape index (κ1) is 14.9. The number of ether oxygens (including phenoxy) is 2. The average molecular weight is 342 g/mol. The molecule has 0 saturated heterocycles. The molecule has 0 atom stereocenters. The summed E-state index contributed by atoms with van der Waals surface area (Å²) in [6.07, 6.45) is 1.67. The highest BCUT2D eigenvalue weighted by Gasteiger charge is 2.20. The number of nitrogens with zero attached hydrogens (tertiary/aromatic N) is 1. The van der Waals surface area contributed by atoms with Crippen LogP contribution in [0.25, 0.3) is 10.9 Å². The molecule has 0 bridgehead atoms. The van der Waals surface area contributed by atoms with Crippen molar-refractivity contribution in [2.45, 2.75) is 11.4 Å². The fraction of sp³-hybridized carbons (Fsp3) is 0.118. The third kappa shape index (κ3) is 2.79. The molecule has 3 aromatic rings. The molecule has 0 amide bonds. The van der Waals surface area contributed by atoms with Gasteiger partial charge in [0.15, 0.2) is 11.5 Å². The predicted molar refractivity (Wildman–Crippen MR) is 88.3 cm³/mol. The van der Waals surface area contributed by atoms with Gasteiger partial charge in [-0.25, -0.2) is 13.1 Å².